The van der Waals surface area contributed by atoms with E-state index in [-0.39, 0.29) is 11.9 Å². The number of carbonyl (C=O) groups is 1. The summed E-state index contributed by atoms with van der Waals surface area (Å²) >= 11 is 0. The van der Waals surface area contributed by atoms with Crippen LogP contribution in [-0.4, -0.2) is 41.7 Å². The highest BCUT2D eigenvalue weighted by Gasteiger charge is 2.26. The largest absolute Gasteiger partial charge is 0.496 e. The number of aromatic nitrogens is 1. The zero-order valence-electron chi connectivity index (χ0n) is 17.6. The third-order valence-electron chi connectivity index (χ3n) is 6.07. The van der Waals surface area contributed by atoms with Crippen molar-refractivity contribution in [3.05, 3.63) is 82.9 Å². The van der Waals surface area contributed by atoms with Crippen molar-refractivity contribution in [3.8, 4) is 16.9 Å². The maximum absolute atomic E-state index is 14.6. The van der Waals surface area contributed by atoms with Gasteiger partial charge in [-0.1, -0.05) is 24.3 Å². The van der Waals surface area contributed by atoms with Crippen LogP contribution in [0.4, 0.5) is 4.39 Å². The number of likely N-dealkylation sites (N-methyl/N-ethyl adjacent to an activating group) is 1. The molecule has 0 bridgehead atoms. The highest BCUT2D eigenvalue weighted by molar-refractivity contribution is 5.89. The number of aryl methyl sites for hydroxylation is 1. The van der Waals surface area contributed by atoms with E-state index >= 15 is 0 Å². The van der Waals surface area contributed by atoms with E-state index in [1.165, 1.54) is 23.4 Å². The van der Waals surface area contributed by atoms with Gasteiger partial charge in [0.25, 0.3) is 0 Å². The number of hydrogen-bond donors (Lipinski definition) is 1. The van der Waals surface area contributed by atoms with Gasteiger partial charge in [0.1, 0.15) is 11.6 Å². The summed E-state index contributed by atoms with van der Waals surface area (Å²) < 4.78 is 19.9. The van der Waals surface area contributed by atoms with E-state index in [1.54, 1.807) is 31.5 Å². The van der Waals surface area contributed by atoms with Crippen LogP contribution >= 0.6 is 0 Å². The van der Waals surface area contributed by atoms with Crippen molar-refractivity contribution >= 4 is 5.97 Å². The highest BCUT2D eigenvalue weighted by atomic mass is 19.1. The number of fused-ring (bicyclic) bond motifs is 1. The zero-order chi connectivity index (χ0) is 22.0. The Hall–Kier alpha value is -3.25. The lowest BCUT2D eigenvalue weighted by Gasteiger charge is -2.35. The minimum absolute atomic E-state index is 0.155. The van der Waals surface area contributed by atoms with Crippen LogP contribution < -0.4 is 4.74 Å². The van der Waals surface area contributed by atoms with Crippen LogP contribution in [0.25, 0.3) is 11.1 Å². The molecule has 6 heteroatoms. The van der Waals surface area contributed by atoms with Crippen LogP contribution in [0.1, 0.15) is 39.5 Å². The summed E-state index contributed by atoms with van der Waals surface area (Å²) in [4.78, 5) is 17.9. The molecule has 4 rings (SSSR count). The monoisotopic (exact) mass is 420 g/mol. The zero-order valence-corrected chi connectivity index (χ0v) is 17.6. The van der Waals surface area contributed by atoms with Crippen molar-refractivity contribution in [2.75, 3.05) is 20.7 Å². The third-order valence-corrected chi connectivity index (χ3v) is 6.07. The summed E-state index contributed by atoms with van der Waals surface area (Å²) in [7, 11) is 3.63. The lowest BCUT2D eigenvalue weighted by molar-refractivity contribution is 0.0695. The van der Waals surface area contributed by atoms with E-state index in [4.69, 9.17) is 4.74 Å². The topological polar surface area (TPSA) is 62.7 Å². The third kappa shape index (κ3) is 4.16. The highest BCUT2D eigenvalue weighted by Crippen LogP contribution is 2.38. The van der Waals surface area contributed by atoms with Crippen molar-refractivity contribution in [2.45, 2.75) is 25.3 Å². The second kappa shape index (κ2) is 8.86. The van der Waals surface area contributed by atoms with Gasteiger partial charge >= 0.3 is 5.97 Å². The Morgan fingerprint density at radius 3 is 2.90 bits per heavy atom. The Kier molecular flexibility index (Phi) is 6.00. The molecule has 0 fully saturated rings. The molecule has 1 aromatic heterocycles. The standard InChI is InChI=1S/C25H25FN2O3/c1-28-13-11-16-14-17(24-21(26)4-3-5-23(24)31-2)6-8-19(16)22(28)9-7-18-15-27-12-10-20(18)25(29)30/h3-6,8,10,12,14-15,22H,7,9,11,13H2,1-2H3,(H,29,30)/t22-/m0/s1. The molecule has 160 valence electrons. The molecule has 0 amide bonds. The second-order valence-corrected chi connectivity index (χ2v) is 7.85. The number of carboxylic acids is 1. The molecular weight excluding hydrogens is 395 g/mol. The van der Waals surface area contributed by atoms with E-state index in [1.807, 2.05) is 6.07 Å². The van der Waals surface area contributed by atoms with Crippen molar-refractivity contribution in [1.29, 1.82) is 0 Å². The Bertz CT molecular complexity index is 1120. The molecule has 31 heavy (non-hydrogen) atoms. The summed E-state index contributed by atoms with van der Waals surface area (Å²) in [5, 5.41) is 9.44. The molecule has 1 aliphatic heterocycles. The minimum atomic E-state index is -0.932. The molecule has 0 saturated carbocycles. The number of pyridine rings is 1. The normalized spacial score (nSPS) is 16.0. The van der Waals surface area contributed by atoms with Gasteiger partial charge in [-0.15, -0.1) is 0 Å². The van der Waals surface area contributed by atoms with E-state index < -0.39 is 5.97 Å². The van der Waals surface area contributed by atoms with Crippen molar-refractivity contribution in [2.24, 2.45) is 0 Å². The van der Waals surface area contributed by atoms with Gasteiger partial charge in [0.2, 0.25) is 0 Å². The second-order valence-electron chi connectivity index (χ2n) is 7.85. The van der Waals surface area contributed by atoms with Crippen LogP contribution in [0.3, 0.4) is 0 Å². The summed E-state index contributed by atoms with van der Waals surface area (Å²) in [5.74, 6) is -0.720. The number of nitrogens with zero attached hydrogens (tertiary/aromatic N) is 2. The molecule has 2 heterocycles. The fraction of sp³-hybridized carbons (Fsp3) is 0.280. The van der Waals surface area contributed by atoms with Crippen molar-refractivity contribution in [3.63, 3.8) is 0 Å². The molecular formula is C25H25FN2O3. The van der Waals surface area contributed by atoms with Gasteiger partial charge in [-0.3, -0.25) is 9.88 Å². The van der Waals surface area contributed by atoms with Gasteiger partial charge in [0.15, 0.2) is 0 Å². The fourth-order valence-corrected chi connectivity index (χ4v) is 4.45. The molecule has 1 N–H and O–H groups in total. The molecule has 0 radical (unpaired) electrons. The van der Waals surface area contributed by atoms with Crippen LogP contribution in [-0.2, 0) is 12.8 Å². The average molecular weight is 420 g/mol. The maximum Gasteiger partial charge on any atom is 0.336 e. The summed E-state index contributed by atoms with van der Waals surface area (Å²) in [6.45, 7) is 0.883. The van der Waals surface area contributed by atoms with E-state index in [0.717, 1.165) is 30.5 Å². The number of hydrogen-bond acceptors (Lipinski definition) is 4. The molecule has 2 aromatic carbocycles. The number of benzene rings is 2. The van der Waals surface area contributed by atoms with Crippen LogP contribution in [0.15, 0.2) is 54.9 Å². The summed E-state index contributed by atoms with van der Waals surface area (Å²) in [6, 6.07) is 12.6. The SMILES string of the molecule is COc1cccc(F)c1-c1ccc2c(c1)CCN(C)[C@H]2CCc1cnccc1C(=O)O. The molecule has 5 nitrogen and oxygen atoms in total. The van der Waals surface area contributed by atoms with Gasteiger partial charge in [-0.2, -0.15) is 0 Å². The van der Waals surface area contributed by atoms with Crippen LogP contribution in [0, 0.1) is 5.82 Å². The lowest BCUT2D eigenvalue weighted by atomic mass is 9.87. The van der Waals surface area contributed by atoms with E-state index in [0.29, 0.717) is 23.3 Å². The first-order valence-corrected chi connectivity index (χ1v) is 10.3. The predicted octanol–water partition coefficient (Wildman–Crippen LogP) is 4.76. The Balaban J connectivity index is 1.64. The lowest BCUT2D eigenvalue weighted by Crippen LogP contribution is -2.32. The van der Waals surface area contributed by atoms with Gasteiger partial charge in [-0.25, -0.2) is 9.18 Å². The predicted molar refractivity (Wildman–Crippen MR) is 117 cm³/mol. The molecule has 0 saturated heterocycles. The quantitative estimate of drug-likeness (QED) is 0.623. The first-order chi connectivity index (χ1) is 15.0. The van der Waals surface area contributed by atoms with Crippen LogP contribution in [0.2, 0.25) is 0 Å². The number of aromatic carboxylic acids is 1. The Morgan fingerprint density at radius 1 is 1.29 bits per heavy atom. The van der Waals surface area contributed by atoms with Gasteiger partial charge in [0.05, 0.1) is 18.2 Å². The minimum Gasteiger partial charge on any atom is -0.496 e. The smallest absolute Gasteiger partial charge is 0.336 e. The number of carboxylic acid groups (broad SMARTS) is 1. The van der Waals surface area contributed by atoms with Gasteiger partial charge in [0, 0.05) is 25.0 Å². The molecule has 1 aliphatic rings. The molecule has 1 atom stereocenters. The molecule has 3 aromatic rings. The fourth-order valence-electron chi connectivity index (χ4n) is 4.45. The molecule has 0 aliphatic carbocycles. The van der Waals surface area contributed by atoms with Gasteiger partial charge < -0.3 is 9.84 Å². The Morgan fingerprint density at radius 2 is 2.13 bits per heavy atom. The van der Waals surface area contributed by atoms with E-state index in [9.17, 15) is 14.3 Å². The summed E-state index contributed by atoms with van der Waals surface area (Å²) in [6.07, 6.45) is 5.42. The average Bonchev–Trinajstić information content (AvgIpc) is 2.78. The van der Waals surface area contributed by atoms with E-state index in [2.05, 4.69) is 29.1 Å². The number of rotatable bonds is 6. The first-order valence-electron chi connectivity index (χ1n) is 10.3. The molecule has 0 spiro atoms. The summed E-state index contributed by atoms with van der Waals surface area (Å²) in [5.41, 5.74) is 4.71. The van der Waals surface area contributed by atoms with Crippen molar-refractivity contribution < 1.29 is 19.0 Å². The first kappa shape index (κ1) is 21.0. The number of halogens is 1. The number of ether oxygens (including phenoxy) is 1. The van der Waals surface area contributed by atoms with Crippen LogP contribution in [0.5, 0.6) is 5.75 Å². The van der Waals surface area contributed by atoms with Gasteiger partial charge in [-0.05, 0) is 66.8 Å². The number of methoxy groups -OCH3 is 1. The van der Waals surface area contributed by atoms with Crippen molar-refractivity contribution in [1.82, 2.24) is 9.88 Å². The maximum atomic E-state index is 14.6. The Labute approximate surface area is 181 Å². The molecule has 0 unspecified atom stereocenters.